The van der Waals surface area contributed by atoms with Crippen LogP contribution in [0.2, 0.25) is 0 Å². The second kappa shape index (κ2) is 2.64. The Kier molecular flexibility index (Phi) is 2.05. The molecule has 9 heavy (non-hydrogen) atoms. The molecule has 3 heteroatoms. The van der Waals surface area contributed by atoms with Gasteiger partial charge in [0.05, 0.1) is 12.2 Å². The van der Waals surface area contributed by atoms with E-state index in [2.05, 4.69) is 4.90 Å². The van der Waals surface area contributed by atoms with Gasteiger partial charge in [0.1, 0.15) is 0 Å². The van der Waals surface area contributed by atoms with Crippen LogP contribution in [0.1, 0.15) is 0 Å². The Bertz CT molecular complexity index is 97.1. The van der Waals surface area contributed by atoms with E-state index in [0.29, 0.717) is 0 Å². The topological polar surface area (TPSA) is 32.7 Å². The number of nitrogens with zero attached hydrogens (tertiary/aromatic N) is 1. The van der Waals surface area contributed by atoms with Crippen molar-refractivity contribution in [3.63, 3.8) is 0 Å². The van der Waals surface area contributed by atoms with E-state index in [-0.39, 0.29) is 12.2 Å². The molecule has 0 aromatic heterocycles. The van der Waals surface area contributed by atoms with Crippen molar-refractivity contribution in [1.29, 1.82) is 0 Å². The van der Waals surface area contributed by atoms with Crippen LogP contribution in [0.5, 0.6) is 0 Å². The van der Waals surface area contributed by atoms with Crippen molar-refractivity contribution in [3.05, 3.63) is 0 Å². The molecule has 0 amide bonds. The maximum Gasteiger partial charge on any atom is 0.0969 e. The maximum absolute atomic E-state index is 9.19. The van der Waals surface area contributed by atoms with Crippen molar-refractivity contribution < 1.29 is 9.84 Å². The van der Waals surface area contributed by atoms with Gasteiger partial charge in [-0.1, -0.05) is 0 Å². The molecule has 0 radical (unpaired) electrons. The van der Waals surface area contributed by atoms with Gasteiger partial charge in [0, 0.05) is 20.2 Å². The summed E-state index contributed by atoms with van der Waals surface area (Å²) in [6, 6.07) is 0. The zero-order valence-electron chi connectivity index (χ0n) is 5.87. The van der Waals surface area contributed by atoms with Crippen LogP contribution >= 0.6 is 0 Å². The number of aliphatic hydroxyl groups excluding tert-OH is 1. The number of β-amino-alcohol motifs (C(OH)–C–C–N with tert-alkyl or cyclic N) is 1. The van der Waals surface area contributed by atoms with Crippen molar-refractivity contribution in [2.24, 2.45) is 0 Å². The third-order valence-electron chi connectivity index (χ3n) is 1.72. The highest BCUT2D eigenvalue weighted by Gasteiger charge is 2.28. The minimum absolute atomic E-state index is 0.0231. The number of aliphatic hydroxyl groups is 1. The van der Waals surface area contributed by atoms with E-state index in [9.17, 15) is 5.11 Å². The van der Waals surface area contributed by atoms with Crippen molar-refractivity contribution >= 4 is 0 Å². The van der Waals surface area contributed by atoms with E-state index in [1.54, 1.807) is 7.11 Å². The van der Waals surface area contributed by atoms with Crippen LogP contribution in [-0.2, 0) is 4.74 Å². The summed E-state index contributed by atoms with van der Waals surface area (Å²) >= 11 is 0. The molecule has 0 aromatic rings. The first kappa shape index (κ1) is 6.99. The summed E-state index contributed by atoms with van der Waals surface area (Å²) in [6.45, 7) is 1.58. The Hall–Kier alpha value is -0.120. The van der Waals surface area contributed by atoms with Crippen LogP contribution < -0.4 is 0 Å². The Labute approximate surface area is 55.2 Å². The van der Waals surface area contributed by atoms with Crippen LogP contribution in [0.4, 0.5) is 0 Å². The van der Waals surface area contributed by atoms with Gasteiger partial charge in [-0.3, -0.25) is 0 Å². The van der Waals surface area contributed by atoms with Gasteiger partial charge < -0.3 is 14.7 Å². The zero-order chi connectivity index (χ0) is 6.85. The highest BCUT2D eigenvalue weighted by Crippen LogP contribution is 2.09. The number of likely N-dealkylation sites (N-methyl/N-ethyl adjacent to an activating group) is 1. The number of rotatable bonds is 1. The molecule has 0 spiro atoms. The first-order valence-electron chi connectivity index (χ1n) is 3.13. The molecule has 1 fully saturated rings. The fourth-order valence-electron chi connectivity index (χ4n) is 1.17. The lowest BCUT2D eigenvalue weighted by Gasteiger charge is -2.09. The van der Waals surface area contributed by atoms with Gasteiger partial charge in [-0.25, -0.2) is 0 Å². The van der Waals surface area contributed by atoms with Crippen LogP contribution in [0.3, 0.4) is 0 Å². The fraction of sp³-hybridized carbons (Fsp3) is 1.00. The lowest BCUT2D eigenvalue weighted by molar-refractivity contribution is 0.0215. The van der Waals surface area contributed by atoms with Crippen LogP contribution in [-0.4, -0.2) is 49.5 Å². The summed E-state index contributed by atoms with van der Waals surface area (Å²) in [5.74, 6) is 0. The fourth-order valence-corrected chi connectivity index (χ4v) is 1.17. The molecule has 0 bridgehead atoms. The monoisotopic (exact) mass is 131 g/mol. The smallest absolute Gasteiger partial charge is 0.0969 e. The lowest BCUT2D eigenvalue weighted by Crippen LogP contribution is -2.25. The highest BCUT2D eigenvalue weighted by atomic mass is 16.5. The molecule has 1 saturated heterocycles. The SMILES string of the molecule is COC1CN(C)C[C@H]1O. The standard InChI is InChI=1S/C6H13NO2/c1-7-3-5(8)6(4-7)9-2/h5-6,8H,3-4H2,1-2H3/t5-,6?/m1/s1. The van der Waals surface area contributed by atoms with Crippen molar-refractivity contribution in [1.82, 2.24) is 4.90 Å². The maximum atomic E-state index is 9.19. The summed E-state index contributed by atoms with van der Waals surface area (Å²) in [4.78, 5) is 2.05. The van der Waals surface area contributed by atoms with Crippen LogP contribution in [0, 0.1) is 0 Å². The second-order valence-electron chi connectivity index (χ2n) is 2.56. The third kappa shape index (κ3) is 1.41. The molecule has 1 heterocycles. The predicted molar refractivity (Wildman–Crippen MR) is 34.3 cm³/mol. The molecule has 0 saturated carbocycles. The predicted octanol–water partition coefficient (Wildman–Crippen LogP) is -0.692. The zero-order valence-corrected chi connectivity index (χ0v) is 5.87. The van der Waals surface area contributed by atoms with Gasteiger partial charge in [-0.05, 0) is 7.05 Å². The van der Waals surface area contributed by atoms with E-state index >= 15 is 0 Å². The average Bonchev–Trinajstić information content (AvgIpc) is 2.10. The number of methoxy groups -OCH3 is 1. The Morgan fingerprint density at radius 2 is 2.22 bits per heavy atom. The number of hydrogen-bond donors (Lipinski definition) is 1. The summed E-state index contributed by atoms with van der Waals surface area (Å²) in [5.41, 5.74) is 0. The quantitative estimate of drug-likeness (QED) is 0.511. The molecular formula is C6H13NO2. The molecule has 1 aliphatic rings. The van der Waals surface area contributed by atoms with Crippen LogP contribution in [0.25, 0.3) is 0 Å². The van der Waals surface area contributed by atoms with Gasteiger partial charge in [0.25, 0.3) is 0 Å². The van der Waals surface area contributed by atoms with Crippen molar-refractivity contribution in [2.45, 2.75) is 12.2 Å². The Morgan fingerprint density at radius 1 is 1.56 bits per heavy atom. The normalized spacial score (nSPS) is 37.7. The molecule has 0 aliphatic carbocycles. The third-order valence-corrected chi connectivity index (χ3v) is 1.72. The molecule has 1 unspecified atom stereocenters. The molecule has 1 aliphatic heterocycles. The number of hydrogen-bond acceptors (Lipinski definition) is 3. The molecule has 1 N–H and O–H groups in total. The molecule has 3 nitrogen and oxygen atoms in total. The Morgan fingerprint density at radius 3 is 2.44 bits per heavy atom. The van der Waals surface area contributed by atoms with Crippen molar-refractivity contribution in [2.75, 3.05) is 27.2 Å². The Balaban J connectivity index is 2.38. The summed E-state index contributed by atoms with van der Waals surface area (Å²) in [6.07, 6.45) is -0.269. The first-order chi connectivity index (χ1) is 4.24. The van der Waals surface area contributed by atoms with Gasteiger partial charge in [-0.15, -0.1) is 0 Å². The summed E-state index contributed by atoms with van der Waals surface area (Å²) < 4.78 is 5.00. The summed E-state index contributed by atoms with van der Waals surface area (Å²) in [7, 11) is 3.61. The molecule has 0 aromatic carbocycles. The van der Waals surface area contributed by atoms with Gasteiger partial charge in [0.2, 0.25) is 0 Å². The van der Waals surface area contributed by atoms with E-state index in [0.717, 1.165) is 13.1 Å². The van der Waals surface area contributed by atoms with Crippen molar-refractivity contribution in [3.8, 4) is 0 Å². The van der Waals surface area contributed by atoms with Crippen LogP contribution in [0.15, 0.2) is 0 Å². The minimum Gasteiger partial charge on any atom is -0.389 e. The largest absolute Gasteiger partial charge is 0.389 e. The van der Waals surface area contributed by atoms with E-state index < -0.39 is 0 Å². The average molecular weight is 131 g/mol. The lowest BCUT2D eigenvalue weighted by atomic mass is 10.3. The minimum atomic E-state index is -0.292. The van der Waals surface area contributed by atoms with E-state index in [4.69, 9.17) is 4.74 Å². The molecule has 54 valence electrons. The van der Waals surface area contributed by atoms with E-state index in [1.165, 1.54) is 0 Å². The highest BCUT2D eigenvalue weighted by molar-refractivity contribution is 4.81. The van der Waals surface area contributed by atoms with E-state index in [1.807, 2.05) is 7.05 Å². The number of ether oxygens (including phenoxy) is 1. The van der Waals surface area contributed by atoms with Gasteiger partial charge in [0.15, 0.2) is 0 Å². The summed E-state index contributed by atoms with van der Waals surface area (Å²) in [5, 5.41) is 9.19. The molecular weight excluding hydrogens is 118 g/mol. The second-order valence-corrected chi connectivity index (χ2v) is 2.56. The number of likely N-dealkylation sites (tertiary alicyclic amines) is 1. The van der Waals surface area contributed by atoms with Gasteiger partial charge in [-0.2, -0.15) is 0 Å². The van der Waals surface area contributed by atoms with Gasteiger partial charge >= 0.3 is 0 Å². The molecule has 2 atom stereocenters. The first-order valence-corrected chi connectivity index (χ1v) is 3.13. The molecule has 1 rings (SSSR count).